The number of carboxylic acid groups (broad SMARTS) is 1. The van der Waals surface area contributed by atoms with E-state index in [1.807, 2.05) is 0 Å². The molecular formula is C12H14FNO3. The van der Waals surface area contributed by atoms with E-state index in [2.05, 4.69) is 0 Å². The highest BCUT2D eigenvalue weighted by Crippen LogP contribution is 2.38. The van der Waals surface area contributed by atoms with Crippen molar-refractivity contribution < 1.29 is 19.0 Å². The summed E-state index contributed by atoms with van der Waals surface area (Å²) >= 11 is 0. The van der Waals surface area contributed by atoms with Gasteiger partial charge in [0.05, 0.1) is 11.1 Å². The van der Waals surface area contributed by atoms with Gasteiger partial charge >= 0.3 is 5.97 Å². The summed E-state index contributed by atoms with van der Waals surface area (Å²) in [5, 5.41) is 9.42. The topological polar surface area (TPSA) is 72.6 Å². The zero-order valence-electron chi connectivity index (χ0n) is 9.28. The van der Waals surface area contributed by atoms with Gasteiger partial charge in [0.15, 0.2) is 0 Å². The molecule has 0 aromatic heterocycles. The number of nitrogens with two attached hydrogens (primary N) is 1. The van der Waals surface area contributed by atoms with Crippen LogP contribution in [0.25, 0.3) is 0 Å². The largest absolute Gasteiger partial charge is 0.481 e. The molecule has 0 radical (unpaired) electrons. The van der Waals surface area contributed by atoms with Crippen LogP contribution < -0.4 is 5.73 Å². The molecule has 1 aromatic carbocycles. The molecule has 1 aromatic rings. The van der Waals surface area contributed by atoms with Crippen LogP contribution in [0.15, 0.2) is 18.2 Å². The molecule has 1 aliphatic rings. The van der Waals surface area contributed by atoms with Crippen molar-refractivity contribution in [1.82, 2.24) is 0 Å². The standard InChI is InChI=1S/C12H14FNO3/c13-9-3-1-2-8(10(9)14)12(11(15)16)4-6-17-7-5-12/h1-3H,4-7,14H2,(H,15,16). The first-order chi connectivity index (χ1) is 8.08. The number of benzene rings is 1. The number of hydrogen-bond acceptors (Lipinski definition) is 3. The van der Waals surface area contributed by atoms with Gasteiger partial charge < -0.3 is 15.6 Å². The van der Waals surface area contributed by atoms with Gasteiger partial charge in [0.1, 0.15) is 5.82 Å². The van der Waals surface area contributed by atoms with E-state index in [9.17, 15) is 14.3 Å². The molecule has 2 rings (SSSR count). The van der Waals surface area contributed by atoms with E-state index < -0.39 is 17.2 Å². The number of rotatable bonds is 2. The van der Waals surface area contributed by atoms with Gasteiger partial charge in [-0.3, -0.25) is 4.79 Å². The molecule has 1 aliphatic heterocycles. The average molecular weight is 239 g/mol. The maximum Gasteiger partial charge on any atom is 0.314 e. The summed E-state index contributed by atoms with van der Waals surface area (Å²) in [6.45, 7) is 0.699. The van der Waals surface area contributed by atoms with Crippen molar-refractivity contribution in [1.29, 1.82) is 0 Å². The van der Waals surface area contributed by atoms with Gasteiger partial charge in [0.2, 0.25) is 0 Å². The van der Waals surface area contributed by atoms with Crippen molar-refractivity contribution in [2.24, 2.45) is 0 Å². The molecule has 0 spiro atoms. The molecule has 0 saturated carbocycles. The molecule has 1 heterocycles. The first-order valence-electron chi connectivity index (χ1n) is 5.43. The number of hydrogen-bond donors (Lipinski definition) is 2. The number of aliphatic carboxylic acids is 1. The molecule has 0 unspecified atom stereocenters. The number of para-hydroxylation sites is 1. The normalized spacial score (nSPS) is 18.9. The molecule has 17 heavy (non-hydrogen) atoms. The summed E-state index contributed by atoms with van der Waals surface area (Å²) in [6, 6.07) is 4.30. The fraction of sp³-hybridized carbons (Fsp3) is 0.417. The van der Waals surface area contributed by atoms with E-state index in [0.717, 1.165) is 0 Å². The summed E-state index contributed by atoms with van der Waals surface area (Å²) in [5.41, 5.74) is 4.82. The molecule has 0 atom stereocenters. The SMILES string of the molecule is Nc1c(F)cccc1C1(C(=O)O)CCOCC1. The Balaban J connectivity index is 2.53. The second-order valence-electron chi connectivity index (χ2n) is 4.20. The van der Waals surface area contributed by atoms with Crippen molar-refractivity contribution in [2.45, 2.75) is 18.3 Å². The Morgan fingerprint density at radius 1 is 1.41 bits per heavy atom. The molecule has 5 heteroatoms. The van der Waals surface area contributed by atoms with Gasteiger partial charge in [0, 0.05) is 13.2 Å². The van der Waals surface area contributed by atoms with Crippen LogP contribution in [0.3, 0.4) is 0 Å². The minimum Gasteiger partial charge on any atom is -0.481 e. The van der Waals surface area contributed by atoms with Gasteiger partial charge in [0.25, 0.3) is 0 Å². The predicted molar refractivity (Wildman–Crippen MR) is 60.2 cm³/mol. The third-order valence-corrected chi connectivity index (χ3v) is 3.32. The van der Waals surface area contributed by atoms with Crippen molar-refractivity contribution >= 4 is 11.7 Å². The van der Waals surface area contributed by atoms with Crippen molar-refractivity contribution in [2.75, 3.05) is 18.9 Å². The lowest BCUT2D eigenvalue weighted by molar-refractivity contribution is -0.147. The first kappa shape index (κ1) is 11.9. The predicted octanol–water partition coefficient (Wildman–Crippen LogP) is 1.54. The molecule has 4 nitrogen and oxygen atoms in total. The Labute approximate surface area is 98.2 Å². The molecule has 0 aliphatic carbocycles. The second kappa shape index (κ2) is 4.33. The molecule has 0 bridgehead atoms. The van der Waals surface area contributed by atoms with Crippen molar-refractivity contribution in [3.05, 3.63) is 29.6 Å². The Kier molecular flexibility index (Phi) is 3.02. The van der Waals surface area contributed by atoms with Crippen LogP contribution in [0.4, 0.5) is 10.1 Å². The lowest BCUT2D eigenvalue weighted by Crippen LogP contribution is -2.42. The zero-order valence-corrected chi connectivity index (χ0v) is 9.28. The monoisotopic (exact) mass is 239 g/mol. The summed E-state index contributed by atoms with van der Waals surface area (Å²) in [4.78, 5) is 11.5. The van der Waals surface area contributed by atoms with Gasteiger partial charge in [-0.25, -0.2) is 4.39 Å². The molecule has 92 valence electrons. The van der Waals surface area contributed by atoms with E-state index >= 15 is 0 Å². The van der Waals surface area contributed by atoms with Crippen LogP contribution >= 0.6 is 0 Å². The minimum absolute atomic E-state index is 0.0724. The summed E-state index contributed by atoms with van der Waals surface area (Å²) in [7, 11) is 0. The van der Waals surface area contributed by atoms with Crippen LogP contribution in [-0.2, 0) is 14.9 Å². The Hall–Kier alpha value is -1.62. The number of carboxylic acids is 1. The fourth-order valence-corrected chi connectivity index (χ4v) is 2.27. The van der Waals surface area contributed by atoms with E-state index in [4.69, 9.17) is 10.5 Å². The van der Waals surface area contributed by atoms with E-state index in [-0.39, 0.29) is 5.69 Å². The number of anilines is 1. The van der Waals surface area contributed by atoms with E-state index in [0.29, 0.717) is 31.6 Å². The number of carbonyl (C=O) groups is 1. The number of ether oxygens (including phenoxy) is 1. The number of nitrogen functional groups attached to an aromatic ring is 1. The van der Waals surface area contributed by atoms with E-state index in [1.165, 1.54) is 12.1 Å². The quantitative estimate of drug-likeness (QED) is 0.768. The summed E-state index contributed by atoms with van der Waals surface area (Å²) < 4.78 is 18.6. The highest BCUT2D eigenvalue weighted by Gasteiger charge is 2.43. The van der Waals surface area contributed by atoms with Crippen LogP contribution in [0.5, 0.6) is 0 Å². The molecule has 0 amide bonds. The second-order valence-corrected chi connectivity index (χ2v) is 4.20. The third-order valence-electron chi connectivity index (χ3n) is 3.32. The maximum atomic E-state index is 13.4. The lowest BCUT2D eigenvalue weighted by atomic mass is 9.73. The van der Waals surface area contributed by atoms with Gasteiger partial charge in [-0.15, -0.1) is 0 Å². The zero-order chi connectivity index (χ0) is 12.5. The lowest BCUT2D eigenvalue weighted by Gasteiger charge is -2.34. The Morgan fingerprint density at radius 2 is 2.06 bits per heavy atom. The number of halogens is 1. The highest BCUT2D eigenvalue weighted by atomic mass is 19.1. The van der Waals surface area contributed by atoms with Crippen LogP contribution in [0.1, 0.15) is 18.4 Å². The minimum atomic E-state index is -1.12. The van der Waals surface area contributed by atoms with Crippen molar-refractivity contribution in [3.63, 3.8) is 0 Å². The Bertz CT molecular complexity index is 441. The van der Waals surface area contributed by atoms with Crippen molar-refractivity contribution in [3.8, 4) is 0 Å². The molecular weight excluding hydrogens is 225 g/mol. The third kappa shape index (κ3) is 1.86. The first-order valence-corrected chi connectivity index (χ1v) is 5.43. The summed E-state index contributed by atoms with van der Waals surface area (Å²) in [6.07, 6.45) is 0.631. The molecule has 1 fully saturated rings. The van der Waals surface area contributed by atoms with Gasteiger partial charge in [-0.2, -0.15) is 0 Å². The van der Waals surface area contributed by atoms with Crippen LogP contribution in [0.2, 0.25) is 0 Å². The summed E-state index contributed by atoms with van der Waals surface area (Å²) in [5.74, 6) is -1.55. The molecule has 1 saturated heterocycles. The van der Waals surface area contributed by atoms with Crippen LogP contribution in [-0.4, -0.2) is 24.3 Å². The highest BCUT2D eigenvalue weighted by molar-refractivity contribution is 5.84. The van der Waals surface area contributed by atoms with Gasteiger partial charge in [-0.1, -0.05) is 12.1 Å². The van der Waals surface area contributed by atoms with Gasteiger partial charge in [-0.05, 0) is 24.5 Å². The smallest absolute Gasteiger partial charge is 0.314 e. The molecule has 3 N–H and O–H groups in total. The Morgan fingerprint density at radius 3 is 2.65 bits per heavy atom. The van der Waals surface area contributed by atoms with Crippen LogP contribution in [0, 0.1) is 5.82 Å². The van der Waals surface area contributed by atoms with E-state index in [1.54, 1.807) is 6.07 Å². The fourth-order valence-electron chi connectivity index (χ4n) is 2.27. The maximum absolute atomic E-state index is 13.4. The average Bonchev–Trinajstić information content (AvgIpc) is 2.33.